The van der Waals surface area contributed by atoms with Crippen LogP contribution in [-0.4, -0.2) is 19.5 Å². The van der Waals surface area contributed by atoms with E-state index in [0.717, 1.165) is 0 Å². The molecule has 0 bridgehead atoms. The lowest BCUT2D eigenvalue weighted by Gasteiger charge is -2.07. The maximum Gasteiger partial charge on any atom is 0.308 e. The number of alkyl halides is 2. The van der Waals surface area contributed by atoms with Crippen LogP contribution in [0.4, 0.5) is 8.78 Å². The standard InChI is InChI=1S/C8H14F2O2/c1-6(8(11)12-2)4-3-5-7(9)10/h6-7H,3-5H2,1-2H3. The summed E-state index contributed by atoms with van der Waals surface area (Å²) in [4.78, 5) is 10.8. The Morgan fingerprint density at radius 3 is 2.42 bits per heavy atom. The highest BCUT2D eigenvalue weighted by molar-refractivity contribution is 5.71. The van der Waals surface area contributed by atoms with E-state index in [1.807, 2.05) is 0 Å². The minimum atomic E-state index is -2.27. The zero-order valence-corrected chi connectivity index (χ0v) is 7.35. The van der Waals surface area contributed by atoms with Gasteiger partial charge in [0.25, 0.3) is 0 Å². The molecule has 0 aliphatic carbocycles. The van der Waals surface area contributed by atoms with E-state index < -0.39 is 6.43 Å². The summed E-state index contributed by atoms with van der Waals surface area (Å²) >= 11 is 0. The molecule has 72 valence electrons. The SMILES string of the molecule is COC(=O)C(C)CCCC(F)F. The number of carbonyl (C=O) groups is 1. The molecular weight excluding hydrogens is 166 g/mol. The highest BCUT2D eigenvalue weighted by Gasteiger charge is 2.13. The summed E-state index contributed by atoms with van der Waals surface area (Å²) in [6.45, 7) is 1.68. The smallest absolute Gasteiger partial charge is 0.308 e. The van der Waals surface area contributed by atoms with Crippen LogP contribution in [0.1, 0.15) is 26.2 Å². The zero-order chi connectivity index (χ0) is 9.56. The largest absolute Gasteiger partial charge is 0.469 e. The number of halogens is 2. The highest BCUT2D eigenvalue weighted by atomic mass is 19.3. The third kappa shape index (κ3) is 5.04. The molecule has 0 aromatic rings. The molecule has 1 unspecified atom stereocenters. The number of methoxy groups -OCH3 is 1. The van der Waals surface area contributed by atoms with Gasteiger partial charge >= 0.3 is 5.97 Å². The molecule has 0 aromatic carbocycles. The van der Waals surface area contributed by atoms with Crippen LogP contribution in [0.25, 0.3) is 0 Å². The summed E-state index contributed by atoms with van der Waals surface area (Å²) in [6.07, 6.45) is -1.57. The Kier molecular flexibility index (Phi) is 5.58. The molecule has 0 fully saturated rings. The van der Waals surface area contributed by atoms with Crippen LogP contribution in [0.5, 0.6) is 0 Å². The summed E-state index contributed by atoms with van der Waals surface area (Å²) in [5.74, 6) is -0.599. The van der Waals surface area contributed by atoms with E-state index in [1.54, 1.807) is 6.92 Å². The molecule has 4 heteroatoms. The molecule has 0 aliphatic heterocycles. The van der Waals surface area contributed by atoms with Gasteiger partial charge in [-0.15, -0.1) is 0 Å². The molecule has 0 saturated carbocycles. The van der Waals surface area contributed by atoms with Crippen molar-refractivity contribution < 1.29 is 18.3 Å². The fourth-order valence-corrected chi connectivity index (χ4v) is 0.897. The van der Waals surface area contributed by atoms with Crippen molar-refractivity contribution in [2.24, 2.45) is 5.92 Å². The van der Waals surface area contributed by atoms with E-state index in [1.165, 1.54) is 7.11 Å². The van der Waals surface area contributed by atoms with Crippen molar-refractivity contribution in [1.82, 2.24) is 0 Å². The fraction of sp³-hybridized carbons (Fsp3) is 0.875. The van der Waals surface area contributed by atoms with Gasteiger partial charge in [0.1, 0.15) is 0 Å². The van der Waals surface area contributed by atoms with E-state index in [0.29, 0.717) is 12.8 Å². The lowest BCUT2D eigenvalue weighted by atomic mass is 10.0. The number of rotatable bonds is 5. The molecule has 0 rings (SSSR count). The Morgan fingerprint density at radius 2 is 2.00 bits per heavy atom. The molecular formula is C8H14F2O2. The van der Waals surface area contributed by atoms with E-state index in [2.05, 4.69) is 4.74 Å². The molecule has 0 aliphatic rings. The molecule has 0 radical (unpaired) electrons. The number of carbonyl (C=O) groups excluding carboxylic acids is 1. The molecule has 1 atom stereocenters. The van der Waals surface area contributed by atoms with Crippen LogP contribution in [0, 0.1) is 5.92 Å². The quantitative estimate of drug-likeness (QED) is 0.606. The van der Waals surface area contributed by atoms with Crippen LogP contribution in [-0.2, 0) is 9.53 Å². The van der Waals surface area contributed by atoms with Gasteiger partial charge in [0, 0.05) is 6.42 Å². The normalized spacial score (nSPS) is 13.1. The molecule has 0 saturated heterocycles. The van der Waals surface area contributed by atoms with Crippen LogP contribution >= 0.6 is 0 Å². The Morgan fingerprint density at radius 1 is 1.42 bits per heavy atom. The van der Waals surface area contributed by atoms with Crippen LogP contribution in [0.15, 0.2) is 0 Å². The van der Waals surface area contributed by atoms with Crippen molar-refractivity contribution in [2.75, 3.05) is 7.11 Å². The molecule has 0 spiro atoms. The molecule has 0 amide bonds. The predicted molar refractivity (Wildman–Crippen MR) is 41.0 cm³/mol. The number of hydrogen-bond donors (Lipinski definition) is 0. The first-order valence-electron chi connectivity index (χ1n) is 3.94. The second-order valence-corrected chi connectivity index (χ2v) is 2.75. The average Bonchev–Trinajstić information content (AvgIpc) is 2.02. The second kappa shape index (κ2) is 5.91. The number of esters is 1. The average molecular weight is 180 g/mol. The predicted octanol–water partition coefficient (Wildman–Crippen LogP) is 2.23. The van der Waals surface area contributed by atoms with Gasteiger partial charge in [0.05, 0.1) is 13.0 Å². The van der Waals surface area contributed by atoms with Crippen molar-refractivity contribution >= 4 is 5.97 Å². The number of ether oxygens (including phenoxy) is 1. The first kappa shape index (κ1) is 11.3. The van der Waals surface area contributed by atoms with Gasteiger partial charge in [-0.2, -0.15) is 0 Å². The summed E-state index contributed by atoms with van der Waals surface area (Å²) in [5.41, 5.74) is 0. The summed E-state index contributed by atoms with van der Waals surface area (Å²) in [7, 11) is 1.30. The molecule has 12 heavy (non-hydrogen) atoms. The molecule has 2 nitrogen and oxygen atoms in total. The lowest BCUT2D eigenvalue weighted by molar-refractivity contribution is -0.145. The first-order chi connectivity index (χ1) is 5.57. The van der Waals surface area contributed by atoms with E-state index in [9.17, 15) is 13.6 Å². The molecule has 0 heterocycles. The van der Waals surface area contributed by atoms with Crippen molar-refractivity contribution in [3.05, 3.63) is 0 Å². The van der Waals surface area contributed by atoms with Gasteiger partial charge in [-0.05, 0) is 12.8 Å². The van der Waals surface area contributed by atoms with Gasteiger partial charge < -0.3 is 4.74 Å². The summed E-state index contributed by atoms with van der Waals surface area (Å²) in [5, 5.41) is 0. The number of hydrogen-bond acceptors (Lipinski definition) is 2. The third-order valence-corrected chi connectivity index (χ3v) is 1.66. The second-order valence-electron chi connectivity index (χ2n) is 2.75. The topological polar surface area (TPSA) is 26.3 Å². The van der Waals surface area contributed by atoms with E-state index in [-0.39, 0.29) is 18.3 Å². The van der Waals surface area contributed by atoms with Gasteiger partial charge in [-0.3, -0.25) is 4.79 Å². The van der Waals surface area contributed by atoms with Crippen LogP contribution in [0.3, 0.4) is 0 Å². The van der Waals surface area contributed by atoms with Gasteiger partial charge in [0.2, 0.25) is 6.43 Å². The summed E-state index contributed by atoms with van der Waals surface area (Å²) in [6, 6.07) is 0. The molecule has 0 N–H and O–H groups in total. The van der Waals surface area contributed by atoms with Gasteiger partial charge in [-0.25, -0.2) is 8.78 Å². The van der Waals surface area contributed by atoms with E-state index in [4.69, 9.17) is 0 Å². The van der Waals surface area contributed by atoms with E-state index >= 15 is 0 Å². The van der Waals surface area contributed by atoms with Gasteiger partial charge in [-0.1, -0.05) is 6.92 Å². The Labute approximate surface area is 70.9 Å². The minimum Gasteiger partial charge on any atom is -0.469 e. The maximum atomic E-state index is 11.7. The Balaban J connectivity index is 3.43. The zero-order valence-electron chi connectivity index (χ0n) is 7.35. The van der Waals surface area contributed by atoms with Crippen LogP contribution in [0.2, 0.25) is 0 Å². The summed E-state index contributed by atoms with van der Waals surface area (Å²) < 4.78 is 27.7. The van der Waals surface area contributed by atoms with Crippen LogP contribution < -0.4 is 0 Å². The van der Waals surface area contributed by atoms with Crippen molar-refractivity contribution in [1.29, 1.82) is 0 Å². The van der Waals surface area contributed by atoms with Crippen molar-refractivity contribution in [3.63, 3.8) is 0 Å². The fourth-order valence-electron chi connectivity index (χ4n) is 0.897. The maximum absolute atomic E-state index is 11.7. The highest BCUT2D eigenvalue weighted by Crippen LogP contribution is 2.12. The monoisotopic (exact) mass is 180 g/mol. The minimum absolute atomic E-state index is 0.138. The first-order valence-corrected chi connectivity index (χ1v) is 3.94. The lowest BCUT2D eigenvalue weighted by Crippen LogP contribution is -2.12. The van der Waals surface area contributed by atoms with Crippen molar-refractivity contribution in [2.45, 2.75) is 32.6 Å². The van der Waals surface area contributed by atoms with Gasteiger partial charge in [0.15, 0.2) is 0 Å². The Hall–Kier alpha value is -0.670. The molecule has 0 aromatic heterocycles. The van der Waals surface area contributed by atoms with Crippen molar-refractivity contribution in [3.8, 4) is 0 Å². The Bertz CT molecular complexity index is 137. The third-order valence-electron chi connectivity index (χ3n) is 1.66.